The summed E-state index contributed by atoms with van der Waals surface area (Å²) in [5, 5.41) is 31.3. The number of ketones is 1. The van der Waals surface area contributed by atoms with Crippen molar-refractivity contribution in [3.63, 3.8) is 0 Å². The van der Waals surface area contributed by atoms with Gasteiger partial charge >= 0.3 is 12.1 Å². The monoisotopic (exact) mass is 818 g/mol. The first-order valence-electron chi connectivity index (χ1n) is 20.4. The molecule has 324 valence electrons. The third-order valence-electron chi connectivity index (χ3n) is 12.1. The maximum atomic E-state index is 16.7. The highest BCUT2D eigenvalue weighted by Gasteiger charge is 2.59. The highest BCUT2D eigenvalue weighted by Crippen LogP contribution is 2.40. The van der Waals surface area contributed by atoms with Crippen molar-refractivity contribution in [3.05, 3.63) is 24.5 Å². The molecule has 3 unspecified atom stereocenters. The van der Waals surface area contributed by atoms with E-state index in [9.17, 15) is 19.5 Å². The lowest BCUT2D eigenvalue weighted by Gasteiger charge is -2.45. The molecule has 2 aromatic rings. The molecular weight excluding hydrogens is 755 g/mol. The summed E-state index contributed by atoms with van der Waals surface area (Å²) in [6.45, 7) is 13.2. The largest absolute Gasteiger partial charge is 0.455 e. The Kier molecular flexibility index (Phi) is 14.6. The number of carbonyl (C=O) groups is 3. The molecule has 3 fully saturated rings. The number of amides is 1. The number of alkyl halides is 1. The van der Waals surface area contributed by atoms with Crippen molar-refractivity contribution in [2.45, 2.75) is 159 Å². The molecule has 0 saturated carbocycles. The maximum absolute atomic E-state index is 16.7. The van der Waals surface area contributed by atoms with Crippen LogP contribution in [0, 0.1) is 5.92 Å². The van der Waals surface area contributed by atoms with Gasteiger partial charge in [0.25, 0.3) is 5.67 Å². The number of aliphatic hydroxyl groups excluding tert-OH is 1. The summed E-state index contributed by atoms with van der Waals surface area (Å²) >= 11 is 0. The van der Waals surface area contributed by atoms with Crippen LogP contribution in [0.15, 0.2) is 24.5 Å². The SMILES string of the molecule is CC[C@H]1OC(=O)[C@](C)(F)C(=O)C[C@@H](O[C@@H]2OC(C)CC(N(C)C)C2O)[C@](C)(OC)C[C@@H](C)CN[C@H](C)[C@H]2N(CCCCn3cc(-c4cccnn4)nn3)C(=O)O[C@]12C. The Morgan fingerprint density at radius 1 is 1.09 bits per heavy atom. The number of fused-ring (bicyclic) bond motifs is 1. The number of carbonyl (C=O) groups excluding carboxylic acids is 3. The van der Waals surface area contributed by atoms with Crippen molar-refractivity contribution in [2.24, 2.45) is 5.92 Å². The lowest BCUT2D eigenvalue weighted by Crippen LogP contribution is -2.61. The molecule has 0 radical (unpaired) electrons. The minimum atomic E-state index is -3.10. The number of nitrogens with one attached hydrogen (secondary N) is 1. The second kappa shape index (κ2) is 18.7. The number of hydrogen-bond donors (Lipinski definition) is 2. The Hall–Kier alpha value is -3.68. The molecule has 0 aliphatic carbocycles. The van der Waals surface area contributed by atoms with Crippen molar-refractivity contribution in [1.29, 1.82) is 0 Å². The predicted molar refractivity (Wildman–Crippen MR) is 209 cm³/mol. The number of Topliss-reactive ketones (excluding diaryl/α,β-unsaturated/α-hetero) is 1. The van der Waals surface area contributed by atoms with Crippen LogP contribution in [0.25, 0.3) is 11.4 Å². The van der Waals surface area contributed by atoms with Gasteiger partial charge in [0.15, 0.2) is 17.7 Å². The number of nitrogens with zero attached hydrogens (tertiary/aromatic N) is 7. The predicted octanol–water partition coefficient (Wildman–Crippen LogP) is 3.34. The van der Waals surface area contributed by atoms with Crippen molar-refractivity contribution in [3.8, 4) is 11.4 Å². The van der Waals surface area contributed by atoms with Gasteiger partial charge < -0.3 is 39.0 Å². The first kappa shape index (κ1) is 45.4. The van der Waals surface area contributed by atoms with Gasteiger partial charge in [-0.3, -0.25) is 14.4 Å². The number of methoxy groups -OCH3 is 1. The standard InChI is InChI=1S/C40H63FN8O9/c1-11-31-40(7)34(49(37(53)58-40)18-13-12-17-48-23-28(45-46-48)27-15-14-16-43-44-27)26(4)42-22-24(2)21-38(5,54-10)32(20-30(50)39(6,41)36(52)57-31)56-35-33(51)29(47(8)9)19-25(3)55-35/h14-16,23-26,29,31-35,42,51H,11-13,17-22H2,1-10H3/t24-,25?,26-,29?,31-,32-,33?,34-,35+,38-,39-,40-/m1/s1. The number of unbranched alkanes of at least 4 members (excludes halogenated alkanes) is 1. The minimum Gasteiger partial charge on any atom is -0.455 e. The summed E-state index contributed by atoms with van der Waals surface area (Å²) in [4.78, 5) is 45.0. The van der Waals surface area contributed by atoms with Crippen molar-refractivity contribution >= 4 is 17.8 Å². The van der Waals surface area contributed by atoms with Crippen molar-refractivity contribution in [1.82, 2.24) is 40.3 Å². The van der Waals surface area contributed by atoms with Gasteiger partial charge in [-0.25, -0.2) is 14.0 Å². The number of cyclic esters (lactones) is 1. The number of aryl methyl sites for hydroxylation is 1. The Balaban J connectivity index is 1.38. The van der Waals surface area contributed by atoms with E-state index in [1.807, 2.05) is 39.8 Å². The molecule has 2 aromatic heterocycles. The van der Waals surface area contributed by atoms with E-state index in [1.54, 1.807) is 54.9 Å². The highest BCUT2D eigenvalue weighted by atomic mass is 19.1. The van der Waals surface area contributed by atoms with E-state index in [0.29, 0.717) is 56.7 Å². The second-order valence-corrected chi connectivity index (χ2v) is 17.0. The Labute approximate surface area is 340 Å². The number of hydrogen-bond acceptors (Lipinski definition) is 15. The van der Waals surface area contributed by atoms with Crippen LogP contribution in [0.2, 0.25) is 0 Å². The summed E-state index contributed by atoms with van der Waals surface area (Å²) in [6, 6.07) is 2.24. The fourth-order valence-electron chi connectivity index (χ4n) is 8.66. The van der Waals surface area contributed by atoms with Crippen LogP contribution in [0.5, 0.6) is 0 Å². The molecule has 1 amide bonds. The van der Waals surface area contributed by atoms with Crippen LogP contribution < -0.4 is 5.32 Å². The lowest BCUT2D eigenvalue weighted by molar-refractivity contribution is -0.289. The summed E-state index contributed by atoms with van der Waals surface area (Å²) in [5.41, 5.74) is -4.50. The van der Waals surface area contributed by atoms with E-state index < -0.39 is 77.8 Å². The van der Waals surface area contributed by atoms with Crippen molar-refractivity contribution in [2.75, 3.05) is 34.3 Å². The smallest absolute Gasteiger partial charge is 0.410 e. The Bertz CT molecular complexity index is 1700. The molecule has 18 heteroatoms. The number of halogens is 1. The molecule has 0 spiro atoms. The Morgan fingerprint density at radius 3 is 2.47 bits per heavy atom. The molecular formula is C40H63FN8O9. The van der Waals surface area contributed by atoms with Gasteiger partial charge in [-0.05, 0) is 105 Å². The van der Waals surface area contributed by atoms with Gasteiger partial charge in [-0.2, -0.15) is 5.10 Å². The van der Waals surface area contributed by atoms with E-state index >= 15 is 4.39 Å². The number of aliphatic hydroxyl groups is 1. The van der Waals surface area contributed by atoms with Crippen LogP contribution in [0.4, 0.5) is 9.18 Å². The Morgan fingerprint density at radius 2 is 1.81 bits per heavy atom. The molecule has 0 aromatic carbocycles. The average molecular weight is 819 g/mol. The number of rotatable bonds is 11. The number of esters is 1. The maximum Gasteiger partial charge on any atom is 0.410 e. The van der Waals surface area contributed by atoms with Gasteiger partial charge in [0, 0.05) is 44.9 Å². The zero-order chi connectivity index (χ0) is 42.6. The molecule has 3 aliphatic rings. The fraction of sp³-hybridized carbons (Fsp3) is 0.775. The molecule has 17 nitrogen and oxygen atoms in total. The fourth-order valence-corrected chi connectivity index (χ4v) is 8.66. The zero-order valence-electron chi connectivity index (χ0n) is 35.6. The quantitative estimate of drug-likeness (QED) is 0.191. The van der Waals surface area contributed by atoms with Crippen LogP contribution >= 0.6 is 0 Å². The van der Waals surface area contributed by atoms with Crippen LogP contribution in [-0.4, -0.2) is 158 Å². The van der Waals surface area contributed by atoms with E-state index in [2.05, 4.69) is 25.8 Å². The van der Waals surface area contributed by atoms with E-state index in [0.717, 1.165) is 6.92 Å². The lowest BCUT2D eigenvalue weighted by atomic mass is 9.83. The normalized spacial score (nSPS) is 36.9. The molecule has 12 atom stereocenters. The van der Waals surface area contributed by atoms with Gasteiger partial charge in [-0.1, -0.05) is 19.1 Å². The first-order valence-corrected chi connectivity index (χ1v) is 20.4. The molecule has 58 heavy (non-hydrogen) atoms. The third-order valence-corrected chi connectivity index (χ3v) is 12.1. The molecule has 2 N–H and O–H groups in total. The van der Waals surface area contributed by atoms with E-state index in [-0.39, 0.29) is 24.5 Å². The summed E-state index contributed by atoms with van der Waals surface area (Å²) < 4.78 is 48.9. The summed E-state index contributed by atoms with van der Waals surface area (Å²) in [6.07, 6.45) is -0.238. The second-order valence-electron chi connectivity index (χ2n) is 17.0. The molecule has 0 bridgehead atoms. The number of aromatic nitrogens is 5. The molecule has 5 rings (SSSR count). The third kappa shape index (κ3) is 9.84. The molecule has 3 saturated heterocycles. The molecule has 3 aliphatic heterocycles. The van der Waals surface area contributed by atoms with Gasteiger partial charge in [0.05, 0.1) is 30.0 Å². The van der Waals surface area contributed by atoms with E-state index in [1.165, 1.54) is 7.11 Å². The summed E-state index contributed by atoms with van der Waals surface area (Å²) in [7, 11) is 5.19. The number of ether oxygens (including phenoxy) is 5. The first-order chi connectivity index (χ1) is 27.3. The highest BCUT2D eigenvalue weighted by molar-refractivity contribution is 6.07. The summed E-state index contributed by atoms with van der Waals surface area (Å²) in [5.74, 6) is -2.59. The average Bonchev–Trinajstić information content (AvgIpc) is 3.76. The topological polar surface area (TPSA) is 193 Å². The van der Waals surface area contributed by atoms with Crippen LogP contribution in [0.3, 0.4) is 0 Å². The van der Waals surface area contributed by atoms with E-state index in [4.69, 9.17) is 23.7 Å². The zero-order valence-corrected chi connectivity index (χ0v) is 35.6. The van der Waals surface area contributed by atoms with Gasteiger partial charge in [0.2, 0.25) is 0 Å². The van der Waals surface area contributed by atoms with Crippen LogP contribution in [0.1, 0.15) is 87.0 Å². The minimum absolute atomic E-state index is 0.104. The van der Waals surface area contributed by atoms with Crippen LogP contribution in [-0.2, 0) is 39.8 Å². The van der Waals surface area contributed by atoms with Gasteiger partial charge in [0.1, 0.15) is 23.6 Å². The molecule has 5 heterocycles. The van der Waals surface area contributed by atoms with Gasteiger partial charge in [-0.15, -0.1) is 10.2 Å². The van der Waals surface area contributed by atoms with Crippen molar-refractivity contribution < 1.29 is 47.6 Å². The number of likely N-dealkylation sites (N-methyl/N-ethyl adjacent to an activating group) is 1.